The fourth-order valence-corrected chi connectivity index (χ4v) is 4.81. The van der Waals surface area contributed by atoms with Crippen LogP contribution in [-0.2, 0) is 10.0 Å². The predicted molar refractivity (Wildman–Crippen MR) is 112 cm³/mol. The Balaban J connectivity index is 1.81. The molecule has 0 bridgehead atoms. The van der Waals surface area contributed by atoms with Gasteiger partial charge in [-0.2, -0.15) is 0 Å². The number of hydrogen-bond acceptors (Lipinski definition) is 3. The van der Waals surface area contributed by atoms with E-state index >= 15 is 0 Å². The molecule has 6 heteroatoms. The van der Waals surface area contributed by atoms with E-state index in [9.17, 15) is 12.8 Å². The monoisotopic (exact) mass is 408 g/mol. The zero-order valence-corrected chi connectivity index (χ0v) is 17.0. The van der Waals surface area contributed by atoms with Crippen LogP contribution in [0.25, 0.3) is 0 Å². The van der Waals surface area contributed by atoms with Gasteiger partial charge in [-0.15, -0.1) is 0 Å². The zero-order valence-electron chi connectivity index (χ0n) is 16.2. The van der Waals surface area contributed by atoms with E-state index in [1.54, 1.807) is 42.5 Å². The molecule has 3 aromatic carbocycles. The minimum atomic E-state index is -3.88. The van der Waals surface area contributed by atoms with Crippen LogP contribution in [0.15, 0.2) is 82.7 Å². The van der Waals surface area contributed by atoms with Gasteiger partial charge in [-0.25, -0.2) is 17.1 Å². The summed E-state index contributed by atoms with van der Waals surface area (Å²) >= 11 is 0. The van der Waals surface area contributed by atoms with Gasteiger partial charge in [0.2, 0.25) is 0 Å². The number of amidine groups is 1. The first-order valence-electron chi connectivity index (χ1n) is 9.35. The van der Waals surface area contributed by atoms with E-state index in [0.717, 1.165) is 16.7 Å². The SMILES string of the molecule is Cc1ccc(C2CN(S(=O)(=O)c3ccc(C)cc3)C(c3ccccc3F)=N2)cc1. The van der Waals surface area contributed by atoms with Crippen molar-refractivity contribution in [2.75, 3.05) is 6.54 Å². The maximum Gasteiger partial charge on any atom is 0.265 e. The summed E-state index contributed by atoms with van der Waals surface area (Å²) in [6.07, 6.45) is 0. The zero-order chi connectivity index (χ0) is 20.6. The first-order chi connectivity index (χ1) is 13.9. The molecule has 0 saturated heterocycles. The van der Waals surface area contributed by atoms with Crippen LogP contribution in [0.3, 0.4) is 0 Å². The number of hydrogen-bond donors (Lipinski definition) is 0. The van der Waals surface area contributed by atoms with Crippen molar-refractivity contribution in [3.05, 3.63) is 101 Å². The molecular formula is C23H21FN2O2S. The van der Waals surface area contributed by atoms with Gasteiger partial charge in [-0.1, -0.05) is 59.7 Å². The van der Waals surface area contributed by atoms with Crippen molar-refractivity contribution < 1.29 is 12.8 Å². The van der Waals surface area contributed by atoms with Crippen molar-refractivity contribution in [1.82, 2.24) is 4.31 Å². The van der Waals surface area contributed by atoms with Crippen LogP contribution in [0.4, 0.5) is 4.39 Å². The molecule has 1 aliphatic heterocycles. The normalized spacial score (nSPS) is 16.7. The van der Waals surface area contributed by atoms with Gasteiger partial charge in [0, 0.05) is 0 Å². The van der Waals surface area contributed by atoms with Crippen LogP contribution < -0.4 is 0 Å². The highest BCUT2D eigenvalue weighted by Crippen LogP contribution is 2.32. The van der Waals surface area contributed by atoms with Gasteiger partial charge in [0.05, 0.1) is 23.0 Å². The number of rotatable bonds is 4. The van der Waals surface area contributed by atoms with Gasteiger partial charge < -0.3 is 0 Å². The minimum absolute atomic E-state index is 0.128. The molecule has 0 aliphatic carbocycles. The highest BCUT2D eigenvalue weighted by Gasteiger charge is 2.37. The maximum atomic E-state index is 14.5. The van der Waals surface area contributed by atoms with Crippen LogP contribution in [-0.4, -0.2) is 25.1 Å². The number of benzene rings is 3. The molecular weight excluding hydrogens is 387 g/mol. The molecule has 0 fully saturated rings. The molecule has 0 spiro atoms. The Labute approximate surface area is 170 Å². The average molecular weight is 408 g/mol. The second-order valence-corrected chi connectivity index (χ2v) is 9.07. The number of halogens is 1. The van der Waals surface area contributed by atoms with Crippen molar-refractivity contribution in [3.63, 3.8) is 0 Å². The lowest BCUT2D eigenvalue weighted by atomic mass is 10.1. The van der Waals surface area contributed by atoms with E-state index in [1.807, 2.05) is 38.1 Å². The molecule has 3 aromatic rings. The molecule has 1 aliphatic rings. The van der Waals surface area contributed by atoms with Gasteiger partial charge in [-0.05, 0) is 43.7 Å². The smallest absolute Gasteiger partial charge is 0.257 e. The Hall–Kier alpha value is -2.99. The third-order valence-corrected chi connectivity index (χ3v) is 6.81. The van der Waals surface area contributed by atoms with Crippen molar-refractivity contribution in [2.24, 2.45) is 4.99 Å². The molecule has 0 aromatic heterocycles. The van der Waals surface area contributed by atoms with E-state index in [2.05, 4.69) is 4.99 Å². The third kappa shape index (κ3) is 3.68. The van der Waals surface area contributed by atoms with E-state index in [-0.39, 0.29) is 22.8 Å². The van der Waals surface area contributed by atoms with E-state index < -0.39 is 21.9 Å². The lowest BCUT2D eigenvalue weighted by Crippen LogP contribution is -2.35. The standard InChI is InChI=1S/C23H21FN2O2S/c1-16-7-11-18(12-8-16)22-15-26(23(25-22)20-5-3-4-6-21(20)24)29(27,28)19-13-9-17(2)10-14-19/h3-14,22H,15H2,1-2H3. The Morgan fingerprint density at radius 1 is 0.897 bits per heavy atom. The summed E-state index contributed by atoms with van der Waals surface area (Å²) in [6.45, 7) is 4.01. The Morgan fingerprint density at radius 3 is 2.10 bits per heavy atom. The first-order valence-corrected chi connectivity index (χ1v) is 10.8. The van der Waals surface area contributed by atoms with Gasteiger partial charge in [0.1, 0.15) is 11.7 Å². The fraction of sp³-hybridized carbons (Fsp3) is 0.174. The minimum Gasteiger partial charge on any atom is -0.257 e. The predicted octanol–water partition coefficient (Wildman–Crippen LogP) is 4.63. The molecule has 1 unspecified atom stereocenters. The first kappa shape index (κ1) is 19.3. The van der Waals surface area contributed by atoms with Crippen LogP contribution >= 0.6 is 0 Å². The molecule has 4 rings (SSSR count). The van der Waals surface area contributed by atoms with Crippen molar-refractivity contribution in [3.8, 4) is 0 Å². The number of aryl methyl sites for hydroxylation is 2. The summed E-state index contributed by atoms with van der Waals surface area (Å²) in [6, 6.07) is 20.2. The van der Waals surface area contributed by atoms with E-state index in [4.69, 9.17) is 0 Å². The van der Waals surface area contributed by atoms with E-state index in [0.29, 0.717) is 0 Å². The van der Waals surface area contributed by atoms with Gasteiger partial charge >= 0.3 is 0 Å². The van der Waals surface area contributed by atoms with Crippen molar-refractivity contribution in [1.29, 1.82) is 0 Å². The van der Waals surface area contributed by atoms with Gasteiger partial charge in [0.25, 0.3) is 10.0 Å². The third-order valence-electron chi connectivity index (χ3n) is 5.04. The fourth-order valence-electron chi connectivity index (χ4n) is 3.36. The Bertz CT molecular complexity index is 1170. The summed E-state index contributed by atoms with van der Waals surface area (Å²) in [5.74, 6) is -0.367. The molecule has 4 nitrogen and oxygen atoms in total. The number of sulfonamides is 1. The Kier molecular flexibility index (Phi) is 4.96. The molecule has 0 radical (unpaired) electrons. The maximum absolute atomic E-state index is 14.5. The van der Waals surface area contributed by atoms with Gasteiger partial charge in [0.15, 0.2) is 0 Å². The van der Waals surface area contributed by atoms with Crippen LogP contribution in [0, 0.1) is 19.7 Å². The van der Waals surface area contributed by atoms with E-state index in [1.165, 1.54) is 10.4 Å². The molecule has 148 valence electrons. The highest BCUT2D eigenvalue weighted by atomic mass is 32.2. The second kappa shape index (κ2) is 7.44. The summed E-state index contributed by atoms with van der Waals surface area (Å²) in [5.41, 5.74) is 3.14. The molecule has 0 N–H and O–H groups in total. The Morgan fingerprint density at radius 2 is 1.48 bits per heavy atom. The second-order valence-electron chi connectivity index (χ2n) is 7.21. The number of nitrogens with zero attached hydrogens (tertiary/aromatic N) is 2. The molecule has 1 heterocycles. The molecule has 0 saturated carbocycles. The largest absolute Gasteiger partial charge is 0.265 e. The lowest BCUT2D eigenvalue weighted by molar-refractivity contribution is 0.519. The highest BCUT2D eigenvalue weighted by molar-refractivity contribution is 7.89. The summed E-state index contributed by atoms with van der Waals surface area (Å²) in [4.78, 5) is 4.80. The van der Waals surface area contributed by atoms with Crippen molar-refractivity contribution >= 4 is 15.9 Å². The summed E-state index contributed by atoms with van der Waals surface area (Å²) < 4.78 is 42.6. The molecule has 0 amide bonds. The topological polar surface area (TPSA) is 49.7 Å². The van der Waals surface area contributed by atoms with Gasteiger partial charge in [-0.3, -0.25) is 4.99 Å². The summed E-state index contributed by atoms with van der Waals surface area (Å²) in [7, 11) is -3.88. The molecule has 1 atom stereocenters. The quantitative estimate of drug-likeness (QED) is 0.632. The average Bonchev–Trinajstić information content (AvgIpc) is 3.15. The lowest BCUT2D eigenvalue weighted by Gasteiger charge is -2.21. The van der Waals surface area contributed by atoms with Crippen LogP contribution in [0.2, 0.25) is 0 Å². The van der Waals surface area contributed by atoms with Crippen LogP contribution in [0.1, 0.15) is 28.3 Å². The van der Waals surface area contributed by atoms with Crippen molar-refractivity contribution in [2.45, 2.75) is 24.8 Å². The summed E-state index contributed by atoms with van der Waals surface area (Å²) in [5, 5.41) is 0. The molecule has 29 heavy (non-hydrogen) atoms. The van der Waals surface area contributed by atoms with Crippen LogP contribution in [0.5, 0.6) is 0 Å². The number of aliphatic imine (C=N–C) groups is 1.